The van der Waals surface area contributed by atoms with Crippen LogP contribution in [0.15, 0.2) is 54.6 Å². The van der Waals surface area contributed by atoms with Crippen LogP contribution >= 0.6 is 0 Å². The number of aliphatic hydroxyl groups is 1. The minimum atomic E-state index is -0.748. The summed E-state index contributed by atoms with van der Waals surface area (Å²) in [5.41, 5.74) is 2.36. The van der Waals surface area contributed by atoms with Crippen molar-refractivity contribution in [2.45, 2.75) is 26.3 Å². The van der Waals surface area contributed by atoms with Gasteiger partial charge < -0.3 is 15.7 Å². The van der Waals surface area contributed by atoms with Crippen LogP contribution in [0.25, 0.3) is 11.1 Å². The van der Waals surface area contributed by atoms with Crippen molar-refractivity contribution in [3.63, 3.8) is 0 Å². The summed E-state index contributed by atoms with van der Waals surface area (Å²) in [7, 11) is 0. The Kier molecular flexibility index (Phi) is 6.71. The second-order valence-corrected chi connectivity index (χ2v) is 6.35. The van der Waals surface area contributed by atoms with E-state index in [2.05, 4.69) is 10.6 Å². The molecule has 5 heteroatoms. The summed E-state index contributed by atoms with van der Waals surface area (Å²) in [6.07, 6.45) is 0.607. The molecule has 1 unspecified atom stereocenters. The molecular weight excluding hydrogens is 316 g/mol. The number of hydrogen-bond donors (Lipinski definition) is 3. The maximum absolute atomic E-state index is 12.2. The highest BCUT2D eigenvalue weighted by molar-refractivity contribution is 6.40. The molecule has 2 amide bonds. The Morgan fingerprint density at radius 1 is 0.960 bits per heavy atom. The number of rotatable bonds is 6. The van der Waals surface area contributed by atoms with Gasteiger partial charge in [0, 0.05) is 11.3 Å². The van der Waals surface area contributed by atoms with E-state index in [-0.39, 0.29) is 6.61 Å². The zero-order chi connectivity index (χ0) is 18.2. The average molecular weight is 340 g/mol. The maximum Gasteiger partial charge on any atom is 0.313 e. The van der Waals surface area contributed by atoms with Gasteiger partial charge >= 0.3 is 11.8 Å². The second-order valence-electron chi connectivity index (χ2n) is 6.35. The molecule has 0 aliphatic heterocycles. The van der Waals surface area contributed by atoms with Gasteiger partial charge in [0.25, 0.3) is 0 Å². The van der Waals surface area contributed by atoms with Crippen LogP contribution in [0.2, 0.25) is 0 Å². The third-order valence-corrected chi connectivity index (χ3v) is 3.78. The molecule has 0 aliphatic carbocycles. The van der Waals surface area contributed by atoms with Crippen molar-refractivity contribution in [2.24, 2.45) is 5.92 Å². The normalized spacial score (nSPS) is 11.8. The van der Waals surface area contributed by atoms with Crippen LogP contribution in [0.3, 0.4) is 0 Å². The molecule has 0 radical (unpaired) electrons. The molecule has 5 nitrogen and oxygen atoms in total. The first-order valence-electron chi connectivity index (χ1n) is 8.38. The van der Waals surface area contributed by atoms with Crippen LogP contribution in [0.4, 0.5) is 5.69 Å². The van der Waals surface area contributed by atoms with E-state index in [0.29, 0.717) is 18.0 Å². The number of para-hydroxylation sites is 1. The number of benzene rings is 2. The molecule has 3 N–H and O–H groups in total. The minimum Gasteiger partial charge on any atom is -0.394 e. The molecule has 25 heavy (non-hydrogen) atoms. The molecule has 0 spiro atoms. The summed E-state index contributed by atoms with van der Waals surface area (Å²) in [6.45, 7) is 3.79. The van der Waals surface area contributed by atoms with Crippen molar-refractivity contribution in [3.05, 3.63) is 54.6 Å². The zero-order valence-corrected chi connectivity index (χ0v) is 14.5. The highest BCUT2D eigenvalue weighted by Gasteiger charge is 2.20. The molecule has 1 atom stereocenters. The van der Waals surface area contributed by atoms with Crippen LogP contribution in [0.5, 0.6) is 0 Å². The highest BCUT2D eigenvalue weighted by atomic mass is 16.3. The summed E-state index contributed by atoms with van der Waals surface area (Å²) >= 11 is 0. The van der Waals surface area contributed by atoms with Crippen LogP contribution in [-0.4, -0.2) is 29.6 Å². The van der Waals surface area contributed by atoms with Crippen molar-refractivity contribution in [1.82, 2.24) is 5.32 Å². The molecule has 0 saturated heterocycles. The summed E-state index contributed by atoms with van der Waals surface area (Å²) < 4.78 is 0. The maximum atomic E-state index is 12.2. The van der Waals surface area contributed by atoms with E-state index in [0.717, 1.165) is 11.1 Å². The summed E-state index contributed by atoms with van der Waals surface area (Å²) in [6, 6.07) is 16.5. The van der Waals surface area contributed by atoms with Gasteiger partial charge in [0.05, 0.1) is 12.6 Å². The average Bonchev–Trinajstić information content (AvgIpc) is 2.61. The van der Waals surface area contributed by atoms with Crippen LogP contribution in [-0.2, 0) is 9.59 Å². The SMILES string of the molecule is CC(C)CC(CO)NC(=O)C(=O)Nc1ccccc1-c1ccccc1. The van der Waals surface area contributed by atoms with E-state index in [9.17, 15) is 14.7 Å². The van der Waals surface area contributed by atoms with Gasteiger partial charge in [-0.15, -0.1) is 0 Å². The van der Waals surface area contributed by atoms with E-state index in [4.69, 9.17) is 0 Å². The lowest BCUT2D eigenvalue weighted by Gasteiger charge is -2.18. The lowest BCUT2D eigenvalue weighted by Crippen LogP contribution is -2.44. The van der Waals surface area contributed by atoms with E-state index in [1.165, 1.54) is 0 Å². The number of amides is 2. The lowest BCUT2D eigenvalue weighted by atomic mass is 10.0. The van der Waals surface area contributed by atoms with Crippen LogP contribution in [0.1, 0.15) is 20.3 Å². The van der Waals surface area contributed by atoms with Gasteiger partial charge in [0.1, 0.15) is 0 Å². The zero-order valence-electron chi connectivity index (χ0n) is 14.5. The fourth-order valence-electron chi connectivity index (χ4n) is 2.64. The van der Waals surface area contributed by atoms with Gasteiger partial charge in [-0.2, -0.15) is 0 Å². The Labute approximate surface area is 148 Å². The fourth-order valence-corrected chi connectivity index (χ4v) is 2.64. The molecule has 0 saturated carbocycles. The largest absolute Gasteiger partial charge is 0.394 e. The van der Waals surface area contributed by atoms with Crippen molar-refractivity contribution in [1.29, 1.82) is 0 Å². The molecule has 0 aromatic heterocycles. The molecule has 0 bridgehead atoms. The van der Waals surface area contributed by atoms with Gasteiger partial charge in [0.2, 0.25) is 0 Å². The number of carbonyl (C=O) groups excluding carboxylic acids is 2. The standard InChI is InChI=1S/C20H24N2O3/c1-14(2)12-16(13-23)21-19(24)20(25)22-18-11-7-6-10-17(18)15-8-4-3-5-9-15/h3-11,14,16,23H,12-13H2,1-2H3,(H,21,24)(H,22,25). The molecule has 0 heterocycles. The van der Waals surface area contributed by atoms with Gasteiger partial charge in [-0.05, 0) is 24.0 Å². The number of aliphatic hydroxyl groups excluding tert-OH is 1. The molecule has 2 rings (SSSR count). The Morgan fingerprint density at radius 2 is 1.60 bits per heavy atom. The molecule has 0 fully saturated rings. The number of hydrogen-bond acceptors (Lipinski definition) is 3. The Bertz CT molecular complexity index is 714. The fraction of sp³-hybridized carbons (Fsp3) is 0.300. The number of nitrogens with one attached hydrogen (secondary N) is 2. The topological polar surface area (TPSA) is 78.4 Å². The number of anilines is 1. The molecule has 0 aliphatic rings. The van der Waals surface area contributed by atoms with Gasteiger partial charge in [-0.3, -0.25) is 9.59 Å². The quantitative estimate of drug-likeness (QED) is 0.708. The third-order valence-electron chi connectivity index (χ3n) is 3.78. The number of carbonyl (C=O) groups is 2. The van der Waals surface area contributed by atoms with E-state index in [1.54, 1.807) is 12.1 Å². The molecule has 2 aromatic carbocycles. The predicted octanol–water partition coefficient (Wildman–Crippen LogP) is 2.82. The first-order chi connectivity index (χ1) is 12.0. The summed E-state index contributed by atoms with van der Waals surface area (Å²) in [5.74, 6) is -1.19. The minimum absolute atomic E-state index is 0.197. The molecule has 2 aromatic rings. The van der Waals surface area contributed by atoms with Crippen molar-refractivity contribution < 1.29 is 14.7 Å². The van der Waals surface area contributed by atoms with Crippen LogP contribution in [0, 0.1) is 5.92 Å². The van der Waals surface area contributed by atoms with Gasteiger partial charge in [0.15, 0.2) is 0 Å². The van der Waals surface area contributed by atoms with Gasteiger partial charge in [-0.1, -0.05) is 62.4 Å². The van der Waals surface area contributed by atoms with Gasteiger partial charge in [-0.25, -0.2) is 0 Å². The summed E-state index contributed by atoms with van der Waals surface area (Å²) in [4.78, 5) is 24.3. The van der Waals surface area contributed by atoms with Crippen LogP contribution < -0.4 is 10.6 Å². The summed E-state index contributed by atoms with van der Waals surface area (Å²) in [5, 5.41) is 14.6. The predicted molar refractivity (Wildman–Crippen MR) is 99.0 cm³/mol. The Morgan fingerprint density at radius 3 is 2.24 bits per heavy atom. The first-order valence-corrected chi connectivity index (χ1v) is 8.38. The molecular formula is C20H24N2O3. The van der Waals surface area contributed by atoms with E-state index in [1.807, 2.05) is 56.3 Å². The third kappa shape index (κ3) is 5.43. The highest BCUT2D eigenvalue weighted by Crippen LogP contribution is 2.27. The van der Waals surface area contributed by atoms with Crippen molar-refractivity contribution in [2.75, 3.05) is 11.9 Å². The Balaban J connectivity index is 2.09. The van der Waals surface area contributed by atoms with Crippen molar-refractivity contribution in [3.8, 4) is 11.1 Å². The second kappa shape index (κ2) is 8.99. The van der Waals surface area contributed by atoms with E-state index >= 15 is 0 Å². The Hall–Kier alpha value is -2.66. The smallest absolute Gasteiger partial charge is 0.313 e. The monoisotopic (exact) mass is 340 g/mol. The molecule has 132 valence electrons. The van der Waals surface area contributed by atoms with E-state index < -0.39 is 17.9 Å². The first kappa shape index (κ1) is 18.7. The lowest BCUT2D eigenvalue weighted by molar-refractivity contribution is -0.136. The van der Waals surface area contributed by atoms with Crippen molar-refractivity contribution >= 4 is 17.5 Å².